The fraction of sp³-hybridized carbons (Fsp3) is 0.222. The van der Waals surface area contributed by atoms with Crippen LogP contribution in [0.5, 0.6) is 0 Å². The van der Waals surface area contributed by atoms with Gasteiger partial charge in [0.2, 0.25) is 0 Å². The van der Waals surface area contributed by atoms with E-state index < -0.39 is 0 Å². The van der Waals surface area contributed by atoms with Crippen molar-refractivity contribution in [1.29, 1.82) is 0 Å². The predicted octanol–water partition coefficient (Wildman–Crippen LogP) is 1.39. The van der Waals surface area contributed by atoms with Crippen LogP contribution in [0.15, 0.2) is 30.3 Å². The van der Waals surface area contributed by atoms with Crippen molar-refractivity contribution in [3.63, 3.8) is 0 Å². The van der Waals surface area contributed by atoms with E-state index in [9.17, 15) is 4.79 Å². The first kappa shape index (κ1) is 5.35. The molecule has 1 aromatic rings. The van der Waals surface area contributed by atoms with Gasteiger partial charge in [-0.15, -0.1) is 0 Å². The lowest BCUT2D eigenvalue weighted by Crippen LogP contribution is -2.21. The molecule has 1 aromatic carbocycles. The molecule has 0 radical (unpaired) electrons. The molecule has 0 fully saturated rings. The summed E-state index contributed by atoms with van der Waals surface area (Å²) in [5, 5.41) is 0. The molecule has 0 aliphatic heterocycles. The van der Waals surface area contributed by atoms with Crippen LogP contribution in [-0.2, 0) is 0 Å². The lowest BCUT2D eigenvalue weighted by molar-refractivity contribution is 0.0827. The first-order chi connectivity index (χ1) is 6.04. The number of rotatable bonds is 1. The van der Waals surface area contributed by atoms with Gasteiger partial charge in [0.1, 0.15) is 0 Å². The second kappa shape index (κ2) is 3.19. The Bertz CT molecular complexity index is 316. The van der Waals surface area contributed by atoms with E-state index in [2.05, 4.69) is 0 Å². The van der Waals surface area contributed by atoms with Gasteiger partial charge >= 0.3 is 0 Å². The summed E-state index contributed by atoms with van der Waals surface area (Å²) in [5.41, 5.74) is 0.160. The first-order valence-electron chi connectivity index (χ1n) is 4.32. The van der Waals surface area contributed by atoms with Crippen LogP contribution in [0.4, 0.5) is 0 Å². The quantitative estimate of drug-likeness (QED) is 0.594. The molecule has 58 valence electrons. The highest BCUT2D eigenvalue weighted by Gasteiger charge is 2.04. The van der Waals surface area contributed by atoms with Crippen LogP contribution in [0.25, 0.3) is 0 Å². The predicted molar refractivity (Wildman–Crippen MR) is 44.5 cm³/mol. The summed E-state index contributed by atoms with van der Waals surface area (Å²) in [7, 11) is 3.21. The molecule has 0 spiro atoms. The van der Waals surface area contributed by atoms with Gasteiger partial charge in [-0.1, -0.05) is 18.2 Å². The van der Waals surface area contributed by atoms with Crippen molar-refractivity contribution >= 4 is 5.91 Å². The van der Waals surface area contributed by atoms with E-state index in [1.807, 2.05) is 0 Å². The van der Waals surface area contributed by atoms with Gasteiger partial charge in [-0.25, -0.2) is 0 Å². The third kappa shape index (κ3) is 1.80. The lowest BCUT2D eigenvalue weighted by Gasteiger charge is -2.08. The van der Waals surface area contributed by atoms with Gasteiger partial charge in [-0.3, -0.25) is 4.79 Å². The largest absolute Gasteiger partial charge is 0.345 e. The van der Waals surface area contributed by atoms with E-state index in [0.717, 1.165) is 0 Å². The number of carbonyl (C=O) groups excluding carboxylic acids is 1. The van der Waals surface area contributed by atoms with Crippen molar-refractivity contribution in [3.05, 3.63) is 35.8 Å². The maximum atomic E-state index is 11.5. The molecule has 2 nitrogen and oxygen atoms in total. The Morgan fingerprint density at radius 1 is 1.36 bits per heavy atom. The zero-order valence-corrected chi connectivity index (χ0v) is 6.59. The van der Waals surface area contributed by atoms with Crippen LogP contribution in [0.1, 0.15) is 13.1 Å². The van der Waals surface area contributed by atoms with E-state index >= 15 is 0 Å². The van der Waals surface area contributed by atoms with Crippen molar-refractivity contribution in [2.45, 2.75) is 0 Å². The zero-order valence-electron chi connectivity index (χ0n) is 8.59. The van der Waals surface area contributed by atoms with E-state index in [-0.39, 0.29) is 23.6 Å². The average molecular weight is 151 g/mol. The van der Waals surface area contributed by atoms with Gasteiger partial charge in [-0.2, -0.15) is 0 Å². The maximum Gasteiger partial charge on any atom is 0.253 e. The Morgan fingerprint density at radius 2 is 1.91 bits per heavy atom. The Hall–Kier alpha value is -1.31. The van der Waals surface area contributed by atoms with Crippen LogP contribution < -0.4 is 0 Å². The number of nitrogens with zero attached hydrogens (tertiary/aromatic N) is 1. The van der Waals surface area contributed by atoms with Gasteiger partial charge in [0.25, 0.3) is 5.91 Å². The molecule has 1 amide bonds. The number of carbonyl (C=O) groups is 1. The highest BCUT2D eigenvalue weighted by Crippen LogP contribution is 2.00. The summed E-state index contributed by atoms with van der Waals surface area (Å²) in [6.07, 6.45) is 0. The molecule has 0 atom stereocenters. The molecule has 0 aromatic heterocycles. The van der Waals surface area contributed by atoms with Gasteiger partial charge in [0.05, 0.1) is 2.74 Å². The van der Waals surface area contributed by atoms with Gasteiger partial charge in [-0.05, 0) is 12.1 Å². The monoisotopic (exact) mass is 151 g/mol. The van der Waals surface area contributed by atoms with Crippen LogP contribution in [-0.4, -0.2) is 24.9 Å². The van der Waals surface area contributed by atoms with Crippen molar-refractivity contribution in [3.8, 4) is 0 Å². The molecule has 1 rings (SSSR count). The minimum Gasteiger partial charge on any atom is -0.345 e. The topological polar surface area (TPSA) is 20.3 Å². The molecule has 0 N–H and O–H groups in total. The molecule has 0 unspecified atom stereocenters. The highest BCUT2D eigenvalue weighted by atomic mass is 16.2. The van der Waals surface area contributed by atoms with E-state index in [1.165, 1.54) is 17.0 Å². The zero-order chi connectivity index (χ0) is 10.0. The van der Waals surface area contributed by atoms with Crippen LogP contribution in [0.2, 0.25) is 0 Å². The van der Waals surface area contributed by atoms with E-state index in [1.54, 1.807) is 20.2 Å². The third-order valence-corrected chi connectivity index (χ3v) is 1.27. The van der Waals surface area contributed by atoms with E-state index in [4.69, 9.17) is 2.74 Å². The molecular formula is C9H11NO. The molecule has 11 heavy (non-hydrogen) atoms. The second-order valence-corrected chi connectivity index (χ2v) is 2.39. The third-order valence-electron chi connectivity index (χ3n) is 1.27. The van der Waals surface area contributed by atoms with Crippen molar-refractivity contribution in [2.24, 2.45) is 0 Å². The Morgan fingerprint density at radius 3 is 2.36 bits per heavy atom. The Labute approximate surface area is 69.3 Å². The van der Waals surface area contributed by atoms with Crippen molar-refractivity contribution in [2.75, 3.05) is 14.1 Å². The Kier molecular flexibility index (Phi) is 1.55. The molecule has 0 saturated heterocycles. The van der Waals surface area contributed by atoms with E-state index in [0.29, 0.717) is 0 Å². The Balaban J connectivity index is 3.20. The smallest absolute Gasteiger partial charge is 0.253 e. The number of amides is 1. The van der Waals surface area contributed by atoms with Crippen LogP contribution in [0.3, 0.4) is 0 Å². The fourth-order valence-corrected chi connectivity index (χ4v) is 0.700. The molecular weight excluding hydrogens is 138 g/mol. The minimum atomic E-state index is -0.296. The van der Waals surface area contributed by atoms with Crippen molar-refractivity contribution in [1.82, 2.24) is 4.90 Å². The van der Waals surface area contributed by atoms with Gasteiger partial charge in [0, 0.05) is 19.7 Å². The molecule has 0 aliphatic carbocycles. The van der Waals surface area contributed by atoms with Crippen molar-refractivity contribution < 1.29 is 7.54 Å². The molecule has 0 saturated carbocycles. The molecule has 0 aliphatic rings. The summed E-state index contributed by atoms with van der Waals surface area (Å²) >= 11 is 0. The van der Waals surface area contributed by atoms with Crippen LogP contribution >= 0.6 is 0 Å². The normalized spacial score (nSPS) is 11.8. The molecule has 0 bridgehead atoms. The average Bonchev–Trinajstić information content (AvgIpc) is 2.03. The molecule has 2 heteroatoms. The summed E-state index contributed by atoms with van der Waals surface area (Å²) in [6.45, 7) is 0. The molecule has 0 heterocycles. The highest BCUT2D eigenvalue weighted by molar-refractivity contribution is 5.93. The SMILES string of the molecule is [2H]c1cccc([2H])c1C(=O)N(C)C. The minimum absolute atomic E-state index is 0.103. The van der Waals surface area contributed by atoms with Gasteiger partial charge in [0.15, 0.2) is 0 Å². The second-order valence-electron chi connectivity index (χ2n) is 2.39. The number of benzene rings is 1. The standard InChI is InChI=1S/C9H11NO/c1-10(2)9(11)8-6-4-3-5-7-8/h3-7H,1-2H3/i6D,7D. The van der Waals surface area contributed by atoms with Gasteiger partial charge < -0.3 is 4.90 Å². The summed E-state index contributed by atoms with van der Waals surface area (Å²) < 4.78 is 14.9. The number of hydrogen-bond donors (Lipinski definition) is 0. The number of hydrogen-bond acceptors (Lipinski definition) is 1. The summed E-state index contributed by atoms with van der Waals surface area (Å²) in [5.74, 6) is -0.296. The fourth-order valence-electron chi connectivity index (χ4n) is 0.700. The van der Waals surface area contributed by atoms with Crippen LogP contribution in [0, 0.1) is 0 Å². The maximum absolute atomic E-state index is 11.5. The first-order valence-corrected chi connectivity index (χ1v) is 3.32. The summed E-state index contributed by atoms with van der Waals surface area (Å²) in [6, 6.07) is 4.82. The lowest BCUT2D eigenvalue weighted by atomic mass is 10.2. The summed E-state index contributed by atoms with van der Waals surface area (Å²) in [4.78, 5) is 12.8.